The molecule has 3 rings (SSSR count). The molecule has 3 aromatic heterocycles. The van der Waals surface area contributed by atoms with Crippen LogP contribution in [-0.2, 0) is 13.2 Å². The minimum Gasteiger partial charge on any atom is -0.485 e. The molecule has 0 amide bonds. The summed E-state index contributed by atoms with van der Waals surface area (Å²) < 4.78 is 12.9. The number of aryl methyl sites for hydroxylation is 3. The number of pyridine rings is 1. The predicted octanol–water partition coefficient (Wildman–Crippen LogP) is 2.21. The van der Waals surface area contributed by atoms with E-state index in [1.807, 2.05) is 19.9 Å². The summed E-state index contributed by atoms with van der Waals surface area (Å²) in [5.41, 5.74) is 2.05. The first-order chi connectivity index (χ1) is 10.7. The molecule has 0 aliphatic rings. The molecule has 3 aromatic rings. The van der Waals surface area contributed by atoms with Gasteiger partial charge in [0.25, 0.3) is 5.71 Å². The van der Waals surface area contributed by atoms with E-state index in [0.717, 1.165) is 36.2 Å². The van der Waals surface area contributed by atoms with Gasteiger partial charge in [0.05, 0.1) is 5.69 Å². The van der Waals surface area contributed by atoms with Crippen LogP contribution in [0, 0.1) is 13.8 Å². The average Bonchev–Trinajstić information content (AvgIpc) is 3.09. The van der Waals surface area contributed by atoms with Crippen molar-refractivity contribution in [2.24, 2.45) is 0 Å². The third kappa shape index (κ3) is 2.76. The van der Waals surface area contributed by atoms with Gasteiger partial charge in [0.1, 0.15) is 17.7 Å². The minimum atomic E-state index is 0.292. The quantitative estimate of drug-likeness (QED) is 0.689. The van der Waals surface area contributed by atoms with Crippen LogP contribution in [-0.4, -0.2) is 30.3 Å². The summed E-state index contributed by atoms with van der Waals surface area (Å²) in [5, 5.41) is 16.4. The molecule has 0 unspecified atom stereocenters. The SMILES string of the molecule is CCCCn1nnnc1COc1cc(C)nc2onc(C)c12. The lowest BCUT2D eigenvalue weighted by molar-refractivity contribution is 0.288. The van der Waals surface area contributed by atoms with Crippen LogP contribution in [0.1, 0.15) is 37.0 Å². The second kappa shape index (κ2) is 6.08. The number of unbranched alkanes of at least 4 members (excludes halogenated alkanes) is 1. The molecule has 0 atom stereocenters. The van der Waals surface area contributed by atoms with Crippen LogP contribution in [0.15, 0.2) is 10.6 Å². The fraction of sp³-hybridized carbons (Fsp3) is 0.500. The maximum absolute atomic E-state index is 5.90. The summed E-state index contributed by atoms with van der Waals surface area (Å²) in [6.45, 7) is 6.96. The van der Waals surface area contributed by atoms with E-state index in [0.29, 0.717) is 23.9 Å². The molecule has 3 heterocycles. The molecular formula is C14H18N6O2. The van der Waals surface area contributed by atoms with Gasteiger partial charge >= 0.3 is 0 Å². The third-order valence-electron chi connectivity index (χ3n) is 3.40. The Bertz CT molecular complexity index is 779. The van der Waals surface area contributed by atoms with Gasteiger partial charge in [-0.05, 0) is 30.7 Å². The first-order valence-electron chi connectivity index (χ1n) is 7.30. The topological polar surface area (TPSA) is 91.8 Å². The summed E-state index contributed by atoms with van der Waals surface area (Å²) in [6, 6.07) is 1.87. The lowest BCUT2D eigenvalue weighted by atomic mass is 10.2. The number of fused-ring (bicyclic) bond motifs is 1. The van der Waals surface area contributed by atoms with Gasteiger partial charge in [-0.3, -0.25) is 0 Å². The van der Waals surface area contributed by atoms with Crippen LogP contribution in [0.5, 0.6) is 5.75 Å². The Morgan fingerprint density at radius 3 is 3.00 bits per heavy atom. The third-order valence-corrected chi connectivity index (χ3v) is 3.40. The van der Waals surface area contributed by atoms with Crippen molar-refractivity contribution in [1.82, 2.24) is 30.3 Å². The molecule has 0 bridgehead atoms. The molecular weight excluding hydrogens is 284 g/mol. The molecule has 0 fully saturated rings. The van der Waals surface area contributed by atoms with Gasteiger partial charge in [-0.1, -0.05) is 18.5 Å². The summed E-state index contributed by atoms with van der Waals surface area (Å²) in [7, 11) is 0. The molecule has 0 radical (unpaired) electrons. The first-order valence-corrected chi connectivity index (χ1v) is 7.30. The second-order valence-corrected chi connectivity index (χ2v) is 5.17. The number of nitrogens with zero attached hydrogens (tertiary/aromatic N) is 6. The highest BCUT2D eigenvalue weighted by molar-refractivity contribution is 5.83. The average molecular weight is 302 g/mol. The Balaban J connectivity index is 1.82. The van der Waals surface area contributed by atoms with Crippen LogP contribution in [0.3, 0.4) is 0 Å². The van der Waals surface area contributed by atoms with Crippen LogP contribution in [0.4, 0.5) is 0 Å². The van der Waals surface area contributed by atoms with E-state index in [2.05, 4.69) is 32.6 Å². The molecule has 0 N–H and O–H groups in total. The highest BCUT2D eigenvalue weighted by Crippen LogP contribution is 2.28. The van der Waals surface area contributed by atoms with Crippen molar-refractivity contribution in [3.63, 3.8) is 0 Å². The maximum Gasteiger partial charge on any atom is 0.261 e. The van der Waals surface area contributed by atoms with Crippen LogP contribution >= 0.6 is 0 Å². The second-order valence-electron chi connectivity index (χ2n) is 5.17. The van der Waals surface area contributed by atoms with Gasteiger partial charge < -0.3 is 9.26 Å². The van der Waals surface area contributed by atoms with E-state index >= 15 is 0 Å². The Kier molecular flexibility index (Phi) is 3.99. The van der Waals surface area contributed by atoms with Crippen molar-refractivity contribution in [2.45, 2.75) is 46.8 Å². The lowest BCUT2D eigenvalue weighted by Crippen LogP contribution is -2.09. The highest BCUT2D eigenvalue weighted by atomic mass is 16.5. The zero-order valence-electron chi connectivity index (χ0n) is 12.9. The molecule has 0 aromatic carbocycles. The van der Waals surface area contributed by atoms with E-state index in [9.17, 15) is 0 Å². The number of hydrogen-bond acceptors (Lipinski definition) is 7. The molecule has 116 valence electrons. The lowest BCUT2D eigenvalue weighted by Gasteiger charge is -2.08. The number of tetrazole rings is 1. The zero-order chi connectivity index (χ0) is 15.5. The molecule has 8 heteroatoms. The predicted molar refractivity (Wildman–Crippen MR) is 78.3 cm³/mol. The van der Waals surface area contributed by atoms with Crippen LogP contribution in [0.25, 0.3) is 11.1 Å². The van der Waals surface area contributed by atoms with Gasteiger partial charge in [0.2, 0.25) is 0 Å². The fourth-order valence-corrected chi connectivity index (χ4v) is 2.24. The number of rotatable bonds is 6. The van der Waals surface area contributed by atoms with E-state index in [4.69, 9.17) is 9.26 Å². The van der Waals surface area contributed by atoms with Crippen molar-refractivity contribution in [3.8, 4) is 5.75 Å². The standard InChI is InChI=1S/C14H18N6O2/c1-4-5-6-20-12(16-18-19-20)8-21-11-7-9(2)15-14-13(11)10(3)17-22-14/h7H,4-6,8H2,1-3H3. The van der Waals surface area contributed by atoms with Gasteiger partial charge in [-0.25, -0.2) is 9.67 Å². The van der Waals surface area contributed by atoms with Crippen molar-refractivity contribution < 1.29 is 9.26 Å². The Morgan fingerprint density at radius 1 is 1.32 bits per heavy atom. The Morgan fingerprint density at radius 2 is 2.18 bits per heavy atom. The van der Waals surface area contributed by atoms with E-state index in [1.165, 1.54) is 0 Å². The minimum absolute atomic E-state index is 0.292. The molecule has 8 nitrogen and oxygen atoms in total. The smallest absolute Gasteiger partial charge is 0.261 e. The molecule has 0 spiro atoms. The largest absolute Gasteiger partial charge is 0.485 e. The van der Waals surface area contributed by atoms with E-state index in [1.54, 1.807) is 4.68 Å². The van der Waals surface area contributed by atoms with Gasteiger partial charge in [0, 0.05) is 18.3 Å². The highest BCUT2D eigenvalue weighted by Gasteiger charge is 2.14. The van der Waals surface area contributed by atoms with Crippen molar-refractivity contribution in [3.05, 3.63) is 23.3 Å². The normalized spacial score (nSPS) is 11.2. The number of ether oxygens (including phenoxy) is 1. The maximum atomic E-state index is 5.90. The fourth-order valence-electron chi connectivity index (χ4n) is 2.24. The van der Waals surface area contributed by atoms with Crippen LogP contribution < -0.4 is 4.74 Å². The van der Waals surface area contributed by atoms with Crippen molar-refractivity contribution in [1.29, 1.82) is 0 Å². The zero-order valence-corrected chi connectivity index (χ0v) is 12.9. The summed E-state index contributed by atoms with van der Waals surface area (Å²) >= 11 is 0. The van der Waals surface area contributed by atoms with Crippen LogP contribution in [0.2, 0.25) is 0 Å². The summed E-state index contributed by atoms with van der Waals surface area (Å²) in [4.78, 5) is 4.31. The number of aromatic nitrogens is 6. The van der Waals surface area contributed by atoms with Crippen molar-refractivity contribution >= 4 is 11.1 Å². The van der Waals surface area contributed by atoms with Crippen molar-refractivity contribution in [2.75, 3.05) is 0 Å². The Labute approximate surface area is 127 Å². The molecule has 22 heavy (non-hydrogen) atoms. The van der Waals surface area contributed by atoms with Gasteiger partial charge in [-0.2, -0.15) is 0 Å². The molecule has 0 aliphatic carbocycles. The summed E-state index contributed by atoms with van der Waals surface area (Å²) in [5.74, 6) is 1.39. The molecule has 0 saturated heterocycles. The van der Waals surface area contributed by atoms with E-state index in [-0.39, 0.29) is 0 Å². The molecule has 0 saturated carbocycles. The van der Waals surface area contributed by atoms with E-state index < -0.39 is 0 Å². The first kappa shape index (κ1) is 14.4. The Hall–Kier alpha value is -2.51. The summed E-state index contributed by atoms with van der Waals surface area (Å²) in [6.07, 6.45) is 2.12. The molecule has 0 aliphatic heterocycles. The number of hydrogen-bond donors (Lipinski definition) is 0. The van der Waals surface area contributed by atoms with Gasteiger partial charge in [-0.15, -0.1) is 5.10 Å². The monoisotopic (exact) mass is 302 g/mol. The van der Waals surface area contributed by atoms with Gasteiger partial charge in [0.15, 0.2) is 5.82 Å².